The molecular weight excluding hydrogens is 380 g/mol. The minimum absolute atomic E-state index is 0.759. The van der Waals surface area contributed by atoms with Crippen LogP contribution in [0.2, 0.25) is 0 Å². The molecule has 1 aromatic carbocycles. The van der Waals surface area contributed by atoms with Crippen molar-refractivity contribution in [2.45, 2.75) is 13.5 Å². The molecule has 18 heavy (non-hydrogen) atoms. The molecule has 1 heterocycles. The molecule has 0 aliphatic rings. The fraction of sp³-hybridized carbons (Fsp3) is 0.250. The van der Waals surface area contributed by atoms with E-state index in [0.29, 0.717) is 0 Å². The van der Waals surface area contributed by atoms with Gasteiger partial charge in [0.1, 0.15) is 5.75 Å². The lowest BCUT2D eigenvalue weighted by molar-refractivity contribution is 0.412. The summed E-state index contributed by atoms with van der Waals surface area (Å²) in [5.41, 5.74) is 1.00. The van der Waals surface area contributed by atoms with Crippen molar-refractivity contribution >= 4 is 48.9 Å². The van der Waals surface area contributed by atoms with Gasteiger partial charge >= 0.3 is 0 Å². The molecule has 1 N–H and O–H groups in total. The average Bonchev–Trinajstić information content (AvgIpc) is 2.74. The van der Waals surface area contributed by atoms with E-state index in [1.54, 1.807) is 18.4 Å². The number of thiazole rings is 1. The van der Waals surface area contributed by atoms with Gasteiger partial charge in [-0.2, -0.15) is 0 Å². The molecule has 0 fully saturated rings. The zero-order chi connectivity index (χ0) is 13.1. The Kier molecular flexibility index (Phi) is 4.64. The number of nitrogens with zero attached hydrogens (tertiary/aromatic N) is 1. The number of hydrogen-bond acceptors (Lipinski definition) is 4. The van der Waals surface area contributed by atoms with Crippen LogP contribution in [-0.2, 0) is 6.54 Å². The summed E-state index contributed by atoms with van der Waals surface area (Å²) in [6.07, 6.45) is 1.90. The predicted molar refractivity (Wildman–Crippen MR) is 82.6 cm³/mol. The fourth-order valence-electron chi connectivity index (χ4n) is 1.49. The van der Waals surface area contributed by atoms with Crippen LogP contribution in [0.25, 0.3) is 0 Å². The summed E-state index contributed by atoms with van der Waals surface area (Å²) in [5.74, 6) is 0.807. The summed E-state index contributed by atoms with van der Waals surface area (Å²) < 4.78 is 7.20. The third-order valence-corrected chi connectivity index (χ3v) is 4.55. The summed E-state index contributed by atoms with van der Waals surface area (Å²) in [6.45, 7) is 2.77. The zero-order valence-corrected chi connectivity index (χ0v) is 13.9. The maximum absolute atomic E-state index is 5.28. The largest absolute Gasteiger partial charge is 0.495 e. The van der Waals surface area contributed by atoms with E-state index in [-0.39, 0.29) is 0 Å². The molecule has 2 rings (SSSR count). The van der Waals surface area contributed by atoms with Crippen LogP contribution in [0.15, 0.2) is 27.3 Å². The standard InChI is InChI=1S/C12H12Br2N2OS/c1-7-15-5-8(18-7)6-16-11-4-12(17-2)10(14)3-9(11)13/h3-5,16H,6H2,1-2H3. The normalized spacial score (nSPS) is 10.4. The topological polar surface area (TPSA) is 34.1 Å². The second kappa shape index (κ2) is 6.04. The number of halogens is 2. The molecule has 96 valence electrons. The van der Waals surface area contributed by atoms with Gasteiger partial charge in [0.15, 0.2) is 0 Å². The monoisotopic (exact) mass is 390 g/mol. The van der Waals surface area contributed by atoms with Crippen LogP contribution in [0.3, 0.4) is 0 Å². The number of aromatic nitrogens is 1. The smallest absolute Gasteiger partial charge is 0.135 e. The zero-order valence-electron chi connectivity index (χ0n) is 9.96. The lowest BCUT2D eigenvalue weighted by Crippen LogP contribution is -1.99. The summed E-state index contributed by atoms with van der Waals surface area (Å²) >= 11 is 8.68. The van der Waals surface area contributed by atoms with Gasteiger partial charge in [0.2, 0.25) is 0 Å². The van der Waals surface area contributed by atoms with E-state index in [4.69, 9.17) is 4.74 Å². The van der Waals surface area contributed by atoms with Gasteiger partial charge in [-0.25, -0.2) is 4.98 Å². The molecule has 0 atom stereocenters. The molecule has 3 nitrogen and oxygen atoms in total. The van der Waals surface area contributed by atoms with Gasteiger partial charge in [-0.15, -0.1) is 11.3 Å². The van der Waals surface area contributed by atoms with Crippen LogP contribution in [0.5, 0.6) is 5.75 Å². The molecule has 0 spiro atoms. The Bertz CT molecular complexity index is 557. The minimum Gasteiger partial charge on any atom is -0.495 e. The van der Waals surface area contributed by atoms with Crippen LogP contribution in [0.1, 0.15) is 9.88 Å². The molecule has 2 aromatic rings. The van der Waals surface area contributed by atoms with Gasteiger partial charge < -0.3 is 10.1 Å². The van der Waals surface area contributed by atoms with E-state index in [2.05, 4.69) is 42.2 Å². The number of aryl methyl sites for hydroxylation is 1. The maximum atomic E-state index is 5.28. The van der Waals surface area contributed by atoms with Gasteiger partial charge in [-0.05, 0) is 44.8 Å². The molecule has 0 aliphatic carbocycles. The Labute approximate surface area is 127 Å². The Morgan fingerprint density at radius 2 is 2.11 bits per heavy atom. The lowest BCUT2D eigenvalue weighted by Gasteiger charge is -2.11. The van der Waals surface area contributed by atoms with Crippen molar-refractivity contribution in [1.29, 1.82) is 0 Å². The minimum atomic E-state index is 0.759. The van der Waals surface area contributed by atoms with E-state index in [0.717, 1.165) is 31.9 Å². The lowest BCUT2D eigenvalue weighted by atomic mass is 10.3. The quantitative estimate of drug-likeness (QED) is 0.826. The molecule has 0 amide bonds. The van der Waals surface area contributed by atoms with Crippen molar-refractivity contribution in [3.8, 4) is 5.75 Å². The first-order valence-corrected chi connectivity index (χ1v) is 7.68. The molecule has 0 bridgehead atoms. The van der Waals surface area contributed by atoms with Crippen molar-refractivity contribution in [3.63, 3.8) is 0 Å². The molecule has 1 aromatic heterocycles. The molecule has 0 saturated heterocycles. The highest BCUT2D eigenvalue weighted by Crippen LogP contribution is 2.34. The van der Waals surface area contributed by atoms with Crippen molar-refractivity contribution in [3.05, 3.63) is 37.2 Å². The van der Waals surface area contributed by atoms with Crippen molar-refractivity contribution in [2.24, 2.45) is 0 Å². The van der Waals surface area contributed by atoms with Crippen LogP contribution >= 0.6 is 43.2 Å². The van der Waals surface area contributed by atoms with Crippen molar-refractivity contribution in [2.75, 3.05) is 12.4 Å². The summed E-state index contributed by atoms with van der Waals surface area (Å²) in [5, 5.41) is 4.45. The first-order valence-electron chi connectivity index (χ1n) is 5.28. The summed E-state index contributed by atoms with van der Waals surface area (Å²) in [7, 11) is 1.66. The summed E-state index contributed by atoms with van der Waals surface area (Å²) in [6, 6.07) is 3.93. The molecule has 0 aliphatic heterocycles. The maximum Gasteiger partial charge on any atom is 0.135 e. The van der Waals surface area contributed by atoms with Gasteiger partial charge in [-0.1, -0.05) is 0 Å². The second-order valence-corrected chi connectivity index (χ2v) is 6.69. The van der Waals surface area contributed by atoms with E-state index in [1.165, 1.54) is 4.88 Å². The van der Waals surface area contributed by atoms with Crippen LogP contribution < -0.4 is 10.1 Å². The second-order valence-electron chi connectivity index (χ2n) is 3.67. The third-order valence-electron chi connectivity index (χ3n) is 2.36. The Morgan fingerprint density at radius 3 is 2.72 bits per heavy atom. The average molecular weight is 392 g/mol. The Hall–Kier alpha value is -0.590. The number of benzene rings is 1. The van der Waals surface area contributed by atoms with Crippen LogP contribution in [-0.4, -0.2) is 12.1 Å². The number of rotatable bonds is 4. The fourth-order valence-corrected chi connectivity index (χ4v) is 3.52. The van der Waals surface area contributed by atoms with Crippen LogP contribution in [0, 0.1) is 6.92 Å². The van der Waals surface area contributed by atoms with E-state index in [9.17, 15) is 0 Å². The Morgan fingerprint density at radius 1 is 1.33 bits per heavy atom. The third kappa shape index (κ3) is 3.24. The predicted octanol–water partition coefficient (Wildman–Crippen LogP) is 4.60. The van der Waals surface area contributed by atoms with Crippen molar-refractivity contribution in [1.82, 2.24) is 4.98 Å². The van der Waals surface area contributed by atoms with Gasteiger partial charge in [0, 0.05) is 21.6 Å². The Balaban J connectivity index is 2.13. The van der Waals surface area contributed by atoms with Crippen LogP contribution in [0.4, 0.5) is 5.69 Å². The highest BCUT2D eigenvalue weighted by Gasteiger charge is 2.07. The first kappa shape index (κ1) is 13.8. The molecule has 0 unspecified atom stereocenters. The highest BCUT2D eigenvalue weighted by atomic mass is 79.9. The first-order chi connectivity index (χ1) is 8.60. The molecule has 0 radical (unpaired) electrons. The SMILES string of the molecule is COc1cc(NCc2cnc(C)s2)c(Br)cc1Br. The van der Waals surface area contributed by atoms with Gasteiger partial charge in [0.05, 0.1) is 28.8 Å². The number of nitrogens with one attached hydrogen (secondary N) is 1. The molecular formula is C12H12Br2N2OS. The molecule has 6 heteroatoms. The van der Waals surface area contributed by atoms with E-state index >= 15 is 0 Å². The van der Waals surface area contributed by atoms with E-state index in [1.807, 2.05) is 25.3 Å². The van der Waals surface area contributed by atoms with Gasteiger partial charge in [0.25, 0.3) is 0 Å². The number of hydrogen-bond donors (Lipinski definition) is 1. The number of anilines is 1. The molecule has 0 saturated carbocycles. The van der Waals surface area contributed by atoms with E-state index < -0.39 is 0 Å². The number of methoxy groups -OCH3 is 1. The number of ether oxygens (including phenoxy) is 1. The highest BCUT2D eigenvalue weighted by molar-refractivity contribution is 9.11. The van der Waals surface area contributed by atoms with Gasteiger partial charge in [-0.3, -0.25) is 0 Å². The van der Waals surface area contributed by atoms with Crippen molar-refractivity contribution < 1.29 is 4.74 Å². The summed E-state index contributed by atoms with van der Waals surface area (Å²) in [4.78, 5) is 5.44.